The number of Topliss-reactive ketones (excluding diaryl/α,β-unsaturated/α-hetero) is 1. The van der Waals surface area contributed by atoms with Crippen molar-refractivity contribution in [2.24, 2.45) is 5.41 Å². The molecule has 13 nitrogen and oxygen atoms in total. The molecule has 2 N–H and O–H groups in total. The molecule has 0 bridgehead atoms. The molecule has 2 unspecified atom stereocenters. The first-order chi connectivity index (χ1) is 21.2. The fourth-order valence-corrected chi connectivity index (χ4v) is 3.90. The second-order valence-electron chi connectivity index (χ2n) is 11.2. The smallest absolute Gasteiger partial charge is 0.374 e. The third-order valence-corrected chi connectivity index (χ3v) is 6.32. The maximum atomic E-state index is 12.9. The minimum atomic E-state index is -1.22. The van der Waals surface area contributed by atoms with Gasteiger partial charge in [0, 0.05) is 17.5 Å². The van der Waals surface area contributed by atoms with E-state index in [0.29, 0.717) is 0 Å². The summed E-state index contributed by atoms with van der Waals surface area (Å²) in [5, 5.41) is 19.9. The highest BCUT2D eigenvalue weighted by molar-refractivity contribution is 5.93. The molecule has 0 radical (unpaired) electrons. The number of rotatable bonds is 12. The number of fused-ring (bicyclic) bond motifs is 2. The molecular weight excluding hydrogens is 592 g/mol. The summed E-state index contributed by atoms with van der Waals surface area (Å²) in [5.74, 6) is -2.77. The van der Waals surface area contributed by atoms with Gasteiger partial charge in [0.25, 0.3) is 0 Å². The van der Waals surface area contributed by atoms with Crippen LogP contribution < -0.4 is 20.3 Å². The Kier molecular flexibility index (Phi) is 10.0. The molecular formula is C32H32O13. The molecule has 2 atom stereocenters. The Hall–Kier alpha value is -5.01. The van der Waals surface area contributed by atoms with E-state index in [2.05, 4.69) is 0 Å². The van der Waals surface area contributed by atoms with E-state index in [4.69, 9.17) is 27.8 Å². The Bertz CT molecular complexity index is 1840. The lowest BCUT2D eigenvalue weighted by atomic mass is 9.91. The number of carbonyl (C=O) groups excluding carboxylic acids is 3. The second kappa shape index (κ2) is 13.7. The van der Waals surface area contributed by atoms with Crippen molar-refractivity contribution >= 4 is 39.7 Å². The summed E-state index contributed by atoms with van der Waals surface area (Å²) in [6.45, 7) is 5.10. The van der Waals surface area contributed by atoms with Gasteiger partial charge in [-0.3, -0.25) is 14.4 Å². The lowest BCUT2D eigenvalue weighted by Gasteiger charge is -2.16. The van der Waals surface area contributed by atoms with E-state index in [0.717, 1.165) is 12.1 Å². The van der Waals surface area contributed by atoms with Crippen LogP contribution in [0.4, 0.5) is 0 Å². The van der Waals surface area contributed by atoms with Crippen molar-refractivity contribution in [1.82, 2.24) is 0 Å². The number of benzene rings is 2. The molecule has 238 valence electrons. The molecule has 0 saturated heterocycles. The molecule has 13 heteroatoms. The molecule has 0 aliphatic heterocycles. The van der Waals surface area contributed by atoms with Crippen LogP contribution in [0, 0.1) is 5.41 Å². The van der Waals surface area contributed by atoms with Gasteiger partial charge in [-0.2, -0.15) is 0 Å². The van der Waals surface area contributed by atoms with Gasteiger partial charge in [0.2, 0.25) is 11.5 Å². The van der Waals surface area contributed by atoms with Crippen LogP contribution >= 0.6 is 0 Å². The van der Waals surface area contributed by atoms with Crippen molar-refractivity contribution in [1.29, 1.82) is 0 Å². The lowest BCUT2D eigenvalue weighted by molar-refractivity contribution is -0.129. The van der Waals surface area contributed by atoms with Crippen LogP contribution in [-0.2, 0) is 14.3 Å². The van der Waals surface area contributed by atoms with E-state index < -0.39 is 47.0 Å². The van der Waals surface area contributed by atoms with Gasteiger partial charge in [0.05, 0.1) is 6.10 Å². The van der Waals surface area contributed by atoms with Crippen LogP contribution in [0.3, 0.4) is 0 Å². The summed E-state index contributed by atoms with van der Waals surface area (Å²) >= 11 is 0. The molecule has 0 amide bonds. The van der Waals surface area contributed by atoms with E-state index >= 15 is 0 Å². The Balaban J connectivity index is 1.42. The Morgan fingerprint density at radius 1 is 0.756 bits per heavy atom. The number of ether oxygens (including phenoxy) is 4. The maximum absolute atomic E-state index is 12.9. The Labute approximate surface area is 255 Å². The maximum Gasteiger partial charge on any atom is 0.374 e. The van der Waals surface area contributed by atoms with E-state index in [9.17, 15) is 34.2 Å². The number of aliphatic hydroxyl groups excluding tert-OH is 2. The predicted octanol–water partition coefficient (Wildman–Crippen LogP) is 3.03. The van der Waals surface area contributed by atoms with E-state index in [-0.39, 0.29) is 70.6 Å². The van der Waals surface area contributed by atoms with Gasteiger partial charge in [0.15, 0.2) is 23.2 Å². The fourth-order valence-electron chi connectivity index (χ4n) is 3.90. The van der Waals surface area contributed by atoms with Crippen molar-refractivity contribution in [3.05, 3.63) is 80.5 Å². The Morgan fingerprint density at radius 2 is 1.22 bits per heavy atom. The van der Waals surface area contributed by atoms with Crippen LogP contribution in [0.1, 0.15) is 48.8 Å². The van der Waals surface area contributed by atoms with Gasteiger partial charge < -0.3 is 38.0 Å². The monoisotopic (exact) mass is 624 g/mol. The van der Waals surface area contributed by atoms with Gasteiger partial charge in [-0.25, -0.2) is 9.59 Å². The first-order valence-electron chi connectivity index (χ1n) is 13.9. The molecule has 45 heavy (non-hydrogen) atoms. The third kappa shape index (κ3) is 8.13. The average molecular weight is 625 g/mol. The predicted molar refractivity (Wildman–Crippen MR) is 159 cm³/mol. The summed E-state index contributed by atoms with van der Waals surface area (Å²) < 4.78 is 32.2. The molecule has 0 aliphatic rings. The molecule has 0 spiro atoms. The molecule has 0 saturated carbocycles. The fraction of sp³-hybridized carbons (Fsp3) is 0.344. The van der Waals surface area contributed by atoms with Crippen molar-refractivity contribution in [2.45, 2.75) is 39.9 Å². The largest absolute Gasteiger partial charge is 0.490 e. The highest BCUT2D eigenvalue weighted by Gasteiger charge is 2.24. The van der Waals surface area contributed by atoms with Gasteiger partial charge >= 0.3 is 11.9 Å². The van der Waals surface area contributed by atoms with Crippen molar-refractivity contribution in [3.8, 4) is 11.5 Å². The summed E-state index contributed by atoms with van der Waals surface area (Å²) in [7, 11) is 0. The number of ketones is 1. The highest BCUT2D eigenvalue weighted by Crippen LogP contribution is 2.26. The first kappa shape index (κ1) is 32.9. The minimum absolute atomic E-state index is 0.0161. The quantitative estimate of drug-likeness (QED) is 0.219. The zero-order valence-electron chi connectivity index (χ0n) is 25.0. The average Bonchev–Trinajstić information content (AvgIpc) is 2.99. The number of hydrogen-bond acceptors (Lipinski definition) is 13. The molecule has 4 rings (SSSR count). The van der Waals surface area contributed by atoms with Gasteiger partial charge in [-0.1, -0.05) is 32.9 Å². The normalized spacial score (nSPS) is 12.8. The Morgan fingerprint density at radius 3 is 1.67 bits per heavy atom. The number of hydrogen-bond donors (Lipinski definition) is 2. The minimum Gasteiger partial charge on any atom is -0.490 e. The van der Waals surface area contributed by atoms with Crippen molar-refractivity contribution in [2.75, 3.05) is 26.4 Å². The summed E-state index contributed by atoms with van der Waals surface area (Å²) in [4.78, 5) is 62.3. The van der Waals surface area contributed by atoms with E-state index in [1.165, 1.54) is 43.3 Å². The van der Waals surface area contributed by atoms with Crippen LogP contribution in [-0.4, -0.2) is 66.6 Å². The van der Waals surface area contributed by atoms with Crippen LogP contribution in [0.5, 0.6) is 11.5 Å². The van der Waals surface area contributed by atoms with Gasteiger partial charge in [-0.15, -0.1) is 0 Å². The standard InChI is InChI=1S/C32H32O13/c1-17(33)13-42-30(38)25-11-19(35)28-21(7-5-9-23(28)44-25)40-14-18(34)15-41-22-8-6-10-24-29(22)20(36)12-26(45-24)31(39)43-16-27(37)32(2,3)4/h5-12,17-18,33-34H,13-16H2,1-4H3. The number of esters is 2. The van der Waals surface area contributed by atoms with Gasteiger partial charge in [0.1, 0.15) is 59.4 Å². The number of carbonyl (C=O) groups is 3. The molecule has 2 aromatic heterocycles. The zero-order valence-corrected chi connectivity index (χ0v) is 25.0. The lowest BCUT2D eigenvalue weighted by Crippen LogP contribution is -2.26. The van der Waals surface area contributed by atoms with Crippen LogP contribution in [0.15, 0.2) is 67.0 Å². The molecule has 4 aromatic rings. The third-order valence-electron chi connectivity index (χ3n) is 6.32. The first-order valence-corrected chi connectivity index (χ1v) is 13.9. The zero-order chi connectivity index (χ0) is 32.9. The van der Waals surface area contributed by atoms with Gasteiger partial charge in [-0.05, 0) is 31.2 Å². The van der Waals surface area contributed by atoms with Crippen LogP contribution in [0.2, 0.25) is 0 Å². The summed E-state index contributed by atoms with van der Waals surface area (Å²) in [6.07, 6.45) is -2.12. The molecule has 0 fully saturated rings. The summed E-state index contributed by atoms with van der Waals surface area (Å²) in [5.41, 5.74) is -1.84. The highest BCUT2D eigenvalue weighted by atomic mass is 16.6. The second-order valence-corrected chi connectivity index (χ2v) is 11.2. The summed E-state index contributed by atoms with van der Waals surface area (Å²) in [6, 6.07) is 10.8. The molecule has 2 aromatic carbocycles. The molecule has 0 aliphatic carbocycles. The van der Waals surface area contributed by atoms with Crippen molar-refractivity contribution < 1.29 is 52.4 Å². The van der Waals surface area contributed by atoms with Crippen LogP contribution in [0.25, 0.3) is 21.9 Å². The van der Waals surface area contributed by atoms with Crippen molar-refractivity contribution in [3.63, 3.8) is 0 Å². The SMILES string of the molecule is CC(O)COC(=O)c1cc(=O)c2c(OCC(O)COc3cccc4oc(C(=O)OCC(=O)C(C)(C)C)cc(=O)c34)cccc2o1. The number of aliphatic hydroxyl groups is 2. The molecule has 2 heterocycles. The van der Waals surface area contributed by atoms with E-state index in [1.54, 1.807) is 20.8 Å². The topological polar surface area (TPSA) is 189 Å². The van der Waals surface area contributed by atoms with E-state index in [1.807, 2.05) is 0 Å².